The van der Waals surface area contributed by atoms with Crippen molar-refractivity contribution in [2.45, 2.75) is 46.6 Å². The van der Waals surface area contributed by atoms with Crippen LogP contribution in [0.25, 0.3) is 0 Å². The summed E-state index contributed by atoms with van der Waals surface area (Å²) in [5, 5.41) is 9.00. The van der Waals surface area contributed by atoms with E-state index in [-0.39, 0.29) is 5.91 Å². The molecule has 1 aliphatic rings. The Morgan fingerprint density at radius 1 is 1.15 bits per heavy atom. The van der Waals surface area contributed by atoms with Crippen LogP contribution in [0.5, 0.6) is 0 Å². The first-order valence-corrected chi connectivity index (χ1v) is 7.67. The highest BCUT2D eigenvalue weighted by molar-refractivity contribution is 5.84. The summed E-state index contributed by atoms with van der Waals surface area (Å²) in [4.78, 5) is 27.6. The van der Waals surface area contributed by atoms with E-state index in [0.717, 1.165) is 39.0 Å². The molecule has 0 bridgehead atoms. The average molecular weight is 284 g/mol. The van der Waals surface area contributed by atoms with E-state index in [1.165, 1.54) is 0 Å². The lowest BCUT2D eigenvalue weighted by Gasteiger charge is -2.38. The maximum Gasteiger partial charge on any atom is 0.307 e. The van der Waals surface area contributed by atoms with Gasteiger partial charge in [-0.1, -0.05) is 27.7 Å². The van der Waals surface area contributed by atoms with Gasteiger partial charge in [-0.3, -0.25) is 9.59 Å². The van der Waals surface area contributed by atoms with E-state index in [0.29, 0.717) is 6.04 Å². The summed E-state index contributed by atoms with van der Waals surface area (Å²) in [6, 6.07) is 0.557. The molecule has 1 rings (SSSR count). The lowest BCUT2D eigenvalue weighted by molar-refractivity contribution is -0.149. The Labute approximate surface area is 121 Å². The van der Waals surface area contributed by atoms with Gasteiger partial charge in [0.1, 0.15) is 0 Å². The summed E-state index contributed by atoms with van der Waals surface area (Å²) in [6.07, 6.45) is 1.98. The highest BCUT2D eigenvalue weighted by Crippen LogP contribution is 2.21. The normalized spacial score (nSPS) is 19.9. The Bertz CT molecular complexity index is 334. The highest BCUT2D eigenvalue weighted by atomic mass is 16.4. The Kier molecular flexibility index (Phi) is 6.46. The number of piperidine rings is 1. The number of aliphatic carboxylic acids is 1. The number of hydrogen-bond donors (Lipinski definition) is 1. The Hall–Kier alpha value is -1.10. The van der Waals surface area contributed by atoms with Gasteiger partial charge in [0.2, 0.25) is 5.91 Å². The largest absolute Gasteiger partial charge is 0.481 e. The maximum atomic E-state index is 12.3. The summed E-state index contributed by atoms with van der Waals surface area (Å²) in [7, 11) is 0. The molecule has 0 aromatic carbocycles. The SMILES string of the molecule is CCN(CC)C1CCN(C(=O)C(C)C(C)C(=O)O)CC1. The summed E-state index contributed by atoms with van der Waals surface area (Å²) in [5.74, 6) is -1.98. The molecule has 20 heavy (non-hydrogen) atoms. The van der Waals surface area contributed by atoms with Crippen LogP contribution in [0, 0.1) is 11.8 Å². The van der Waals surface area contributed by atoms with Crippen molar-refractivity contribution in [3.05, 3.63) is 0 Å². The molecule has 116 valence electrons. The Morgan fingerprint density at radius 2 is 1.65 bits per heavy atom. The van der Waals surface area contributed by atoms with Crippen LogP contribution in [-0.4, -0.2) is 59.0 Å². The molecule has 0 aromatic rings. The standard InChI is InChI=1S/C15H28N2O3/c1-5-16(6-2)13-7-9-17(10-8-13)14(18)11(3)12(4)15(19)20/h11-13H,5-10H2,1-4H3,(H,19,20). The summed E-state index contributed by atoms with van der Waals surface area (Å²) in [5.41, 5.74) is 0. The third kappa shape index (κ3) is 3.95. The van der Waals surface area contributed by atoms with E-state index in [1.807, 2.05) is 4.90 Å². The van der Waals surface area contributed by atoms with Crippen molar-refractivity contribution in [2.24, 2.45) is 11.8 Å². The van der Waals surface area contributed by atoms with Crippen LogP contribution in [0.3, 0.4) is 0 Å². The minimum atomic E-state index is -0.899. The molecule has 5 heteroatoms. The second-order valence-corrected chi connectivity index (χ2v) is 5.69. The van der Waals surface area contributed by atoms with Crippen molar-refractivity contribution in [3.63, 3.8) is 0 Å². The smallest absolute Gasteiger partial charge is 0.307 e. The number of hydrogen-bond acceptors (Lipinski definition) is 3. The van der Waals surface area contributed by atoms with E-state index in [2.05, 4.69) is 18.7 Å². The molecular formula is C15H28N2O3. The van der Waals surface area contributed by atoms with E-state index in [9.17, 15) is 9.59 Å². The second kappa shape index (κ2) is 7.62. The third-order valence-corrected chi connectivity index (χ3v) is 4.63. The Balaban J connectivity index is 2.52. The van der Waals surface area contributed by atoms with Crippen molar-refractivity contribution in [1.82, 2.24) is 9.80 Å². The molecule has 2 atom stereocenters. The quantitative estimate of drug-likeness (QED) is 0.806. The molecule has 1 fully saturated rings. The first-order chi connectivity index (χ1) is 9.42. The maximum absolute atomic E-state index is 12.3. The van der Waals surface area contributed by atoms with Crippen molar-refractivity contribution in [2.75, 3.05) is 26.2 Å². The molecule has 1 saturated heterocycles. The molecule has 1 aliphatic heterocycles. The van der Waals surface area contributed by atoms with Gasteiger partial charge in [0.15, 0.2) is 0 Å². The zero-order valence-corrected chi connectivity index (χ0v) is 13.1. The van der Waals surface area contributed by atoms with E-state index < -0.39 is 17.8 Å². The third-order valence-electron chi connectivity index (χ3n) is 4.63. The number of carbonyl (C=O) groups is 2. The van der Waals surface area contributed by atoms with Crippen LogP contribution in [0.2, 0.25) is 0 Å². The molecule has 0 spiro atoms. The Morgan fingerprint density at radius 3 is 2.05 bits per heavy atom. The van der Waals surface area contributed by atoms with Gasteiger partial charge >= 0.3 is 5.97 Å². The van der Waals surface area contributed by atoms with Gasteiger partial charge in [-0.25, -0.2) is 0 Å². The van der Waals surface area contributed by atoms with Gasteiger partial charge in [-0.05, 0) is 25.9 Å². The minimum Gasteiger partial charge on any atom is -0.481 e. The van der Waals surface area contributed by atoms with Crippen molar-refractivity contribution < 1.29 is 14.7 Å². The number of carboxylic acids is 1. The van der Waals surface area contributed by atoms with Crippen molar-refractivity contribution in [3.8, 4) is 0 Å². The fourth-order valence-corrected chi connectivity index (χ4v) is 2.91. The van der Waals surface area contributed by atoms with Crippen LogP contribution in [0.4, 0.5) is 0 Å². The van der Waals surface area contributed by atoms with Crippen LogP contribution < -0.4 is 0 Å². The molecule has 2 unspecified atom stereocenters. The van der Waals surface area contributed by atoms with E-state index in [1.54, 1.807) is 13.8 Å². The molecule has 5 nitrogen and oxygen atoms in total. The van der Waals surface area contributed by atoms with Gasteiger partial charge in [0.25, 0.3) is 0 Å². The molecule has 0 aromatic heterocycles. The van der Waals surface area contributed by atoms with Crippen LogP contribution in [0.15, 0.2) is 0 Å². The van der Waals surface area contributed by atoms with Crippen LogP contribution in [0.1, 0.15) is 40.5 Å². The molecular weight excluding hydrogens is 256 g/mol. The molecule has 1 N–H and O–H groups in total. The highest BCUT2D eigenvalue weighted by Gasteiger charge is 2.32. The van der Waals surface area contributed by atoms with Crippen molar-refractivity contribution >= 4 is 11.9 Å². The van der Waals surface area contributed by atoms with Gasteiger partial charge < -0.3 is 14.9 Å². The summed E-state index contributed by atoms with van der Waals surface area (Å²) < 4.78 is 0. The topological polar surface area (TPSA) is 60.9 Å². The predicted molar refractivity (Wildman–Crippen MR) is 78.5 cm³/mol. The lowest BCUT2D eigenvalue weighted by atomic mass is 9.93. The fraction of sp³-hybridized carbons (Fsp3) is 0.867. The lowest BCUT2D eigenvalue weighted by Crippen LogP contribution is -2.48. The number of likely N-dealkylation sites (tertiary alicyclic amines) is 1. The zero-order chi connectivity index (χ0) is 15.3. The molecule has 1 heterocycles. The van der Waals surface area contributed by atoms with Crippen LogP contribution in [-0.2, 0) is 9.59 Å². The zero-order valence-electron chi connectivity index (χ0n) is 13.1. The fourth-order valence-electron chi connectivity index (χ4n) is 2.91. The number of rotatable bonds is 6. The van der Waals surface area contributed by atoms with Gasteiger partial charge in [-0.2, -0.15) is 0 Å². The van der Waals surface area contributed by atoms with Crippen LogP contribution >= 0.6 is 0 Å². The van der Waals surface area contributed by atoms with Gasteiger partial charge in [0, 0.05) is 25.0 Å². The first kappa shape index (κ1) is 17.0. The molecule has 1 amide bonds. The predicted octanol–water partition coefficient (Wildman–Crippen LogP) is 1.68. The summed E-state index contributed by atoms with van der Waals surface area (Å²) in [6.45, 7) is 11.2. The summed E-state index contributed by atoms with van der Waals surface area (Å²) >= 11 is 0. The number of amides is 1. The second-order valence-electron chi connectivity index (χ2n) is 5.69. The minimum absolute atomic E-state index is 0.0158. The van der Waals surface area contributed by atoms with E-state index >= 15 is 0 Å². The number of carbonyl (C=O) groups excluding carboxylic acids is 1. The first-order valence-electron chi connectivity index (χ1n) is 7.67. The average Bonchev–Trinajstić information content (AvgIpc) is 2.46. The number of nitrogens with zero attached hydrogens (tertiary/aromatic N) is 2. The molecule has 0 radical (unpaired) electrons. The molecule has 0 aliphatic carbocycles. The van der Waals surface area contributed by atoms with Gasteiger partial charge in [0.05, 0.1) is 5.92 Å². The van der Waals surface area contributed by atoms with E-state index in [4.69, 9.17) is 5.11 Å². The number of carboxylic acid groups (broad SMARTS) is 1. The molecule has 0 saturated carbocycles. The van der Waals surface area contributed by atoms with Gasteiger partial charge in [-0.15, -0.1) is 0 Å². The van der Waals surface area contributed by atoms with Crippen molar-refractivity contribution in [1.29, 1.82) is 0 Å². The monoisotopic (exact) mass is 284 g/mol.